The second-order valence-corrected chi connectivity index (χ2v) is 4.88. The van der Waals surface area contributed by atoms with E-state index in [9.17, 15) is 4.79 Å². The van der Waals surface area contributed by atoms with Crippen LogP contribution in [0.25, 0.3) is 0 Å². The Balaban J connectivity index is 2.23. The molecule has 0 bridgehead atoms. The van der Waals surface area contributed by atoms with Gasteiger partial charge in [0.2, 0.25) is 5.95 Å². The van der Waals surface area contributed by atoms with Gasteiger partial charge in [0.15, 0.2) is 0 Å². The molecule has 0 saturated heterocycles. The van der Waals surface area contributed by atoms with Gasteiger partial charge in [0.25, 0.3) is 5.56 Å². The first-order chi connectivity index (χ1) is 8.67. The molecule has 18 heavy (non-hydrogen) atoms. The van der Waals surface area contributed by atoms with Gasteiger partial charge >= 0.3 is 0 Å². The molecule has 0 radical (unpaired) electrons. The van der Waals surface area contributed by atoms with Gasteiger partial charge in [-0.3, -0.25) is 9.78 Å². The normalized spacial score (nSPS) is 10.3. The molecule has 0 saturated carbocycles. The first-order valence-corrected chi connectivity index (χ1v) is 6.59. The van der Waals surface area contributed by atoms with E-state index < -0.39 is 0 Å². The highest BCUT2D eigenvalue weighted by molar-refractivity contribution is 9.10. The van der Waals surface area contributed by atoms with E-state index in [-0.39, 0.29) is 5.56 Å². The SMILES string of the molecule is CCCc1cc(=O)[nH]c(Nc2ccc(Br)cc2)n1. The highest BCUT2D eigenvalue weighted by Gasteiger charge is 2.01. The molecule has 94 valence electrons. The number of nitrogens with zero attached hydrogens (tertiary/aromatic N) is 1. The summed E-state index contributed by atoms with van der Waals surface area (Å²) in [6.07, 6.45) is 1.77. The van der Waals surface area contributed by atoms with Gasteiger partial charge in [0.1, 0.15) is 0 Å². The van der Waals surface area contributed by atoms with Crippen LogP contribution in [-0.2, 0) is 6.42 Å². The number of aromatic amines is 1. The first kappa shape index (κ1) is 12.8. The lowest BCUT2D eigenvalue weighted by Gasteiger charge is -2.06. The molecule has 0 aliphatic heterocycles. The Hall–Kier alpha value is -1.62. The molecular formula is C13H14BrN3O. The monoisotopic (exact) mass is 307 g/mol. The Labute approximate surface area is 114 Å². The molecule has 0 aliphatic carbocycles. The van der Waals surface area contributed by atoms with E-state index in [1.54, 1.807) is 0 Å². The summed E-state index contributed by atoms with van der Waals surface area (Å²) in [4.78, 5) is 18.5. The van der Waals surface area contributed by atoms with Crippen LogP contribution in [0.4, 0.5) is 11.6 Å². The van der Waals surface area contributed by atoms with Gasteiger partial charge in [-0.1, -0.05) is 29.3 Å². The standard InChI is InChI=1S/C13H14BrN3O/c1-2-3-11-8-12(18)17-13(16-11)15-10-6-4-9(14)5-7-10/h4-8H,2-3H2,1H3,(H2,15,16,17,18). The second kappa shape index (κ2) is 5.82. The van der Waals surface area contributed by atoms with Crippen molar-refractivity contribution in [1.82, 2.24) is 9.97 Å². The van der Waals surface area contributed by atoms with Crippen LogP contribution in [0, 0.1) is 0 Å². The lowest BCUT2D eigenvalue weighted by Crippen LogP contribution is -2.12. The van der Waals surface area contributed by atoms with Crippen LogP contribution in [0.1, 0.15) is 19.0 Å². The van der Waals surface area contributed by atoms with Gasteiger partial charge in [-0.25, -0.2) is 4.98 Å². The van der Waals surface area contributed by atoms with Crippen molar-refractivity contribution in [3.8, 4) is 0 Å². The highest BCUT2D eigenvalue weighted by Crippen LogP contribution is 2.16. The summed E-state index contributed by atoms with van der Waals surface area (Å²) in [7, 11) is 0. The molecule has 1 aromatic heterocycles. The minimum atomic E-state index is -0.131. The zero-order valence-electron chi connectivity index (χ0n) is 10.0. The quantitative estimate of drug-likeness (QED) is 0.911. The maximum atomic E-state index is 11.5. The van der Waals surface area contributed by atoms with Crippen LogP contribution in [0.2, 0.25) is 0 Å². The van der Waals surface area contributed by atoms with Gasteiger partial charge in [-0.05, 0) is 30.7 Å². The number of aryl methyl sites for hydroxylation is 1. The second-order valence-electron chi connectivity index (χ2n) is 3.97. The lowest BCUT2D eigenvalue weighted by atomic mass is 10.2. The summed E-state index contributed by atoms with van der Waals surface area (Å²) in [6, 6.07) is 9.22. The molecular weight excluding hydrogens is 294 g/mol. The number of hydrogen-bond acceptors (Lipinski definition) is 3. The van der Waals surface area contributed by atoms with E-state index in [1.165, 1.54) is 6.07 Å². The maximum absolute atomic E-state index is 11.5. The average molecular weight is 308 g/mol. The number of H-pyrrole nitrogens is 1. The number of hydrogen-bond donors (Lipinski definition) is 2. The fourth-order valence-electron chi connectivity index (χ4n) is 1.62. The fourth-order valence-corrected chi connectivity index (χ4v) is 1.89. The van der Waals surface area contributed by atoms with Crippen LogP contribution < -0.4 is 10.9 Å². The van der Waals surface area contributed by atoms with Crippen molar-refractivity contribution in [2.75, 3.05) is 5.32 Å². The van der Waals surface area contributed by atoms with Crippen molar-refractivity contribution in [3.05, 3.63) is 50.9 Å². The Morgan fingerprint density at radius 3 is 2.72 bits per heavy atom. The summed E-state index contributed by atoms with van der Waals surface area (Å²) in [5, 5.41) is 3.08. The molecule has 1 heterocycles. The van der Waals surface area contributed by atoms with Crippen molar-refractivity contribution in [2.45, 2.75) is 19.8 Å². The third-order valence-electron chi connectivity index (χ3n) is 2.41. The smallest absolute Gasteiger partial charge is 0.252 e. The Morgan fingerprint density at radius 1 is 1.33 bits per heavy atom. The molecule has 0 unspecified atom stereocenters. The lowest BCUT2D eigenvalue weighted by molar-refractivity contribution is 0.870. The number of benzene rings is 1. The number of aromatic nitrogens is 2. The van der Waals surface area contributed by atoms with E-state index >= 15 is 0 Å². The van der Waals surface area contributed by atoms with Crippen molar-refractivity contribution in [2.24, 2.45) is 0 Å². The molecule has 2 N–H and O–H groups in total. The van der Waals surface area contributed by atoms with Crippen molar-refractivity contribution >= 4 is 27.6 Å². The van der Waals surface area contributed by atoms with Crippen molar-refractivity contribution in [3.63, 3.8) is 0 Å². The van der Waals surface area contributed by atoms with Gasteiger partial charge in [0, 0.05) is 21.9 Å². The average Bonchev–Trinajstić information content (AvgIpc) is 2.32. The maximum Gasteiger partial charge on any atom is 0.252 e. The predicted octanol–water partition coefficient (Wildman–Crippen LogP) is 3.23. The van der Waals surface area contributed by atoms with Crippen LogP contribution in [0.15, 0.2) is 39.6 Å². The molecule has 0 spiro atoms. The fraction of sp³-hybridized carbons (Fsp3) is 0.231. The number of anilines is 2. The van der Waals surface area contributed by atoms with E-state index in [0.29, 0.717) is 5.95 Å². The highest BCUT2D eigenvalue weighted by atomic mass is 79.9. The molecule has 0 fully saturated rings. The summed E-state index contributed by atoms with van der Waals surface area (Å²) in [5.41, 5.74) is 1.56. The third-order valence-corrected chi connectivity index (χ3v) is 2.94. The Kier molecular flexibility index (Phi) is 4.15. The molecule has 2 rings (SSSR count). The van der Waals surface area contributed by atoms with Gasteiger partial charge < -0.3 is 5.32 Å². The van der Waals surface area contributed by atoms with Crippen molar-refractivity contribution < 1.29 is 0 Å². The van der Waals surface area contributed by atoms with Gasteiger partial charge in [-0.15, -0.1) is 0 Å². The predicted molar refractivity (Wildman–Crippen MR) is 76.3 cm³/mol. The zero-order valence-corrected chi connectivity index (χ0v) is 11.6. The Bertz CT molecular complexity index is 578. The minimum absolute atomic E-state index is 0.131. The van der Waals surface area contributed by atoms with E-state index in [2.05, 4.69) is 38.1 Å². The van der Waals surface area contributed by atoms with E-state index in [1.807, 2.05) is 24.3 Å². The largest absolute Gasteiger partial charge is 0.326 e. The van der Waals surface area contributed by atoms with E-state index in [0.717, 1.165) is 28.7 Å². The topological polar surface area (TPSA) is 57.8 Å². The molecule has 5 heteroatoms. The number of rotatable bonds is 4. The summed E-state index contributed by atoms with van der Waals surface area (Å²) < 4.78 is 1.01. The van der Waals surface area contributed by atoms with Crippen LogP contribution in [0.5, 0.6) is 0 Å². The minimum Gasteiger partial charge on any atom is -0.326 e. The summed E-state index contributed by atoms with van der Waals surface area (Å²) in [5.74, 6) is 0.480. The molecule has 1 aromatic carbocycles. The molecule has 4 nitrogen and oxygen atoms in total. The summed E-state index contributed by atoms with van der Waals surface area (Å²) in [6.45, 7) is 2.06. The number of halogens is 1. The molecule has 0 atom stereocenters. The molecule has 2 aromatic rings. The van der Waals surface area contributed by atoms with Crippen LogP contribution >= 0.6 is 15.9 Å². The molecule has 0 aliphatic rings. The zero-order chi connectivity index (χ0) is 13.0. The van der Waals surface area contributed by atoms with Gasteiger partial charge in [0.05, 0.1) is 0 Å². The number of nitrogens with one attached hydrogen (secondary N) is 2. The third kappa shape index (κ3) is 3.43. The van der Waals surface area contributed by atoms with Gasteiger partial charge in [-0.2, -0.15) is 0 Å². The van der Waals surface area contributed by atoms with Crippen molar-refractivity contribution in [1.29, 1.82) is 0 Å². The Morgan fingerprint density at radius 2 is 2.06 bits per heavy atom. The van der Waals surface area contributed by atoms with Crippen LogP contribution in [0.3, 0.4) is 0 Å². The first-order valence-electron chi connectivity index (χ1n) is 5.80. The summed E-state index contributed by atoms with van der Waals surface area (Å²) >= 11 is 3.37. The van der Waals surface area contributed by atoms with Crippen LogP contribution in [-0.4, -0.2) is 9.97 Å². The van der Waals surface area contributed by atoms with E-state index in [4.69, 9.17) is 0 Å². The molecule has 0 amide bonds.